The van der Waals surface area contributed by atoms with Crippen molar-refractivity contribution in [2.75, 3.05) is 4.90 Å². The molecule has 0 radical (unpaired) electrons. The Labute approximate surface area is 182 Å². The predicted octanol–water partition coefficient (Wildman–Crippen LogP) is 5.61. The third-order valence-corrected chi connectivity index (χ3v) is 6.12. The summed E-state index contributed by atoms with van der Waals surface area (Å²) >= 11 is 0. The normalized spacial score (nSPS) is 17.2. The second kappa shape index (κ2) is 7.12. The molecule has 0 saturated heterocycles. The van der Waals surface area contributed by atoms with Crippen molar-refractivity contribution in [1.82, 2.24) is 4.98 Å². The number of ketones is 1. The number of nitrogens with zero attached hydrogens (tertiary/aromatic N) is 1. The number of aromatic amines is 1. The van der Waals surface area contributed by atoms with Crippen molar-refractivity contribution in [3.63, 3.8) is 0 Å². The van der Waals surface area contributed by atoms with E-state index in [-0.39, 0.29) is 11.4 Å². The van der Waals surface area contributed by atoms with Gasteiger partial charge in [0.1, 0.15) is 0 Å². The van der Waals surface area contributed by atoms with E-state index in [2.05, 4.69) is 4.98 Å². The minimum absolute atomic E-state index is 0.156. The average Bonchev–Trinajstić information content (AvgIpc) is 3.16. The molecule has 1 aliphatic heterocycles. The smallest absolute Gasteiger partial charge is 0.294 e. The molecule has 1 aliphatic rings. The zero-order valence-electron chi connectivity index (χ0n) is 18.8. The van der Waals surface area contributed by atoms with Gasteiger partial charge in [-0.2, -0.15) is 0 Å². The molecule has 160 valence electrons. The molecule has 0 bridgehead atoms. The number of aliphatic hydroxyl groups is 1. The van der Waals surface area contributed by atoms with Gasteiger partial charge in [-0.1, -0.05) is 45.0 Å². The fraction of sp³-hybridized carbons (Fsp3) is 0.308. The Hall–Kier alpha value is -3.34. The molecule has 2 N–H and O–H groups in total. The highest BCUT2D eigenvalue weighted by molar-refractivity contribution is 6.18. The van der Waals surface area contributed by atoms with Gasteiger partial charge in [0.25, 0.3) is 5.91 Å². The maximum atomic E-state index is 13.5. The highest BCUT2D eigenvalue weighted by atomic mass is 16.3. The van der Waals surface area contributed by atoms with Gasteiger partial charge in [0, 0.05) is 33.3 Å². The summed E-state index contributed by atoms with van der Waals surface area (Å²) in [6.45, 7) is 11.3. The standard InChI is InChI=1S/C26H28N2O3/c1-14-11-12-17(13-15(14)2)28-22(20-16(3)27-19-10-8-7-9-18(19)20)21(23(29)25(28)31)24(30)26(4,5)6/h7-13,22,27,29H,1-6H3. The number of nitrogens with one attached hydrogen (secondary N) is 1. The van der Waals surface area contributed by atoms with Crippen molar-refractivity contribution in [1.29, 1.82) is 0 Å². The van der Waals surface area contributed by atoms with E-state index in [1.54, 1.807) is 25.7 Å². The number of para-hydroxylation sites is 1. The van der Waals surface area contributed by atoms with Gasteiger partial charge in [-0.15, -0.1) is 0 Å². The number of hydrogen-bond acceptors (Lipinski definition) is 3. The van der Waals surface area contributed by atoms with E-state index in [9.17, 15) is 14.7 Å². The van der Waals surface area contributed by atoms with Crippen LogP contribution >= 0.6 is 0 Å². The third kappa shape index (κ3) is 3.25. The van der Waals surface area contributed by atoms with Crippen LogP contribution in [0.25, 0.3) is 10.9 Å². The number of aromatic nitrogens is 1. The van der Waals surface area contributed by atoms with E-state index in [0.29, 0.717) is 5.69 Å². The number of rotatable bonds is 3. The van der Waals surface area contributed by atoms with E-state index >= 15 is 0 Å². The number of benzene rings is 2. The Morgan fingerprint density at radius 3 is 2.35 bits per heavy atom. The Kier molecular flexibility index (Phi) is 4.80. The van der Waals surface area contributed by atoms with Gasteiger partial charge in [-0.25, -0.2) is 0 Å². The Balaban J connectivity index is 2.02. The SMILES string of the molecule is Cc1ccc(N2C(=O)C(O)=C(C(=O)C(C)(C)C)C2c2c(C)[nH]c3ccccc23)cc1C. The van der Waals surface area contributed by atoms with E-state index < -0.39 is 23.1 Å². The lowest BCUT2D eigenvalue weighted by Crippen LogP contribution is -2.33. The molecule has 2 heterocycles. The molecule has 1 unspecified atom stereocenters. The minimum atomic E-state index is -0.749. The minimum Gasteiger partial charge on any atom is -0.503 e. The molecule has 0 saturated carbocycles. The van der Waals surface area contributed by atoms with Crippen molar-refractivity contribution in [3.8, 4) is 0 Å². The van der Waals surface area contributed by atoms with Gasteiger partial charge in [-0.05, 0) is 50.1 Å². The molecule has 5 nitrogen and oxygen atoms in total. The zero-order chi connectivity index (χ0) is 22.7. The fourth-order valence-electron chi connectivity index (χ4n) is 4.31. The van der Waals surface area contributed by atoms with Crippen molar-refractivity contribution in [2.24, 2.45) is 5.41 Å². The number of anilines is 1. The number of aliphatic hydroxyl groups excluding tert-OH is 1. The number of Topliss-reactive ketones (excluding diaryl/α,β-unsaturated/α-hetero) is 1. The molecule has 0 fully saturated rings. The summed E-state index contributed by atoms with van der Waals surface area (Å²) in [5.74, 6) is -1.25. The number of amides is 1. The Bertz CT molecular complexity index is 1260. The van der Waals surface area contributed by atoms with Crippen LogP contribution in [-0.2, 0) is 9.59 Å². The Morgan fingerprint density at radius 2 is 1.71 bits per heavy atom. The number of H-pyrrole nitrogens is 1. The van der Waals surface area contributed by atoms with Gasteiger partial charge in [0.05, 0.1) is 11.6 Å². The Morgan fingerprint density at radius 1 is 1.03 bits per heavy atom. The summed E-state index contributed by atoms with van der Waals surface area (Å²) in [6, 6.07) is 12.9. The van der Waals surface area contributed by atoms with Gasteiger partial charge in [0.2, 0.25) is 0 Å². The molecule has 4 rings (SSSR count). The van der Waals surface area contributed by atoms with Crippen molar-refractivity contribution in [3.05, 3.63) is 76.2 Å². The average molecular weight is 417 g/mol. The van der Waals surface area contributed by atoms with Crippen LogP contribution < -0.4 is 4.90 Å². The lowest BCUT2D eigenvalue weighted by molar-refractivity contribution is -0.123. The second-order valence-electron chi connectivity index (χ2n) is 9.40. The summed E-state index contributed by atoms with van der Waals surface area (Å²) in [7, 11) is 0. The fourth-order valence-corrected chi connectivity index (χ4v) is 4.31. The van der Waals surface area contributed by atoms with Crippen molar-refractivity contribution >= 4 is 28.3 Å². The van der Waals surface area contributed by atoms with Crippen molar-refractivity contribution < 1.29 is 14.7 Å². The lowest BCUT2D eigenvalue weighted by atomic mass is 9.81. The summed E-state index contributed by atoms with van der Waals surface area (Å²) in [6.07, 6.45) is 0. The van der Waals surface area contributed by atoms with Crippen LogP contribution in [0.3, 0.4) is 0 Å². The first-order chi connectivity index (χ1) is 14.5. The molecule has 5 heteroatoms. The van der Waals surface area contributed by atoms with Crippen LogP contribution in [0.4, 0.5) is 5.69 Å². The predicted molar refractivity (Wildman–Crippen MR) is 123 cm³/mol. The van der Waals surface area contributed by atoms with Crippen LogP contribution in [0.1, 0.15) is 49.2 Å². The molecule has 2 aromatic carbocycles. The summed E-state index contributed by atoms with van der Waals surface area (Å²) < 4.78 is 0. The van der Waals surface area contributed by atoms with Gasteiger partial charge in [-0.3, -0.25) is 14.5 Å². The monoisotopic (exact) mass is 416 g/mol. The van der Waals surface area contributed by atoms with Crippen LogP contribution in [0, 0.1) is 26.2 Å². The van der Waals surface area contributed by atoms with E-state index in [1.807, 2.05) is 63.2 Å². The zero-order valence-corrected chi connectivity index (χ0v) is 18.8. The molecule has 0 spiro atoms. The van der Waals surface area contributed by atoms with Gasteiger partial charge >= 0.3 is 0 Å². The maximum absolute atomic E-state index is 13.5. The molecule has 3 aromatic rings. The number of fused-ring (bicyclic) bond motifs is 1. The lowest BCUT2D eigenvalue weighted by Gasteiger charge is -2.29. The molecule has 31 heavy (non-hydrogen) atoms. The number of carbonyl (C=O) groups is 2. The van der Waals surface area contributed by atoms with Gasteiger partial charge < -0.3 is 10.1 Å². The highest BCUT2D eigenvalue weighted by Crippen LogP contribution is 2.46. The summed E-state index contributed by atoms with van der Waals surface area (Å²) in [5, 5.41) is 11.9. The third-order valence-electron chi connectivity index (χ3n) is 6.12. The first-order valence-electron chi connectivity index (χ1n) is 10.5. The first kappa shape index (κ1) is 20.9. The largest absolute Gasteiger partial charge is 0.503 e. The highest BCUT2D eigenvalue weighted by Gasteiger charge is 2.48. The molecular formula is C26H28N2O3. The second-order valence-corrected chi connectivity index (χ2v) is 9.40. The molecule has 0 aliphatic carbocycles. The van der Waals surface area contributed by atoms with E-state index in [1.165, 1.54) is 0 Å². The van der Waals surface area contributed by atoms with Crippen LogP contribution in [0.15, 0.2) is 53.8 Å². The van der Waals surface area contributed by atoms with E-state index in [0.717, 1.165) is 33.3 Å². The van der Waals surface area contributed by atoms with E-state index in [4.69, 9.17) is 0 Å². The molecular weight excluding hydrogens is 388 g/mol. The molecule has 1 aromatic heterocycles. The molecule has 1 amide bonds. The number of aryl methyl sites for hydroxylation is 3. The summed E-state index contributed by atoms with van der Waals surface area (Å²) in [4.78, 5) is 31.7. The first-order valence-corrected chi connectivity index (χ1v) is 10.5. The van der Waals surface area contributed by atoms with Crippen LogP contribution in [-0.4, -0.2) is 21.8 Å². The number of hydrogen-bond donors (Lipinski definition) is 2. The van der Waals surface area contributed by atoms with Crippen LogP contribution in [0.2, 0.25) is 0 Å². The number of carbonyl (C=O) groups excluding carboxylic acids is 2. The topological polar surface area (TPSA) is 73.4 Å². The maximum Gasteiger partial charge on any atom is 0.294 e. The summed E-state index contributed by atoms with van der Waals surface area (Å²) in [5.41, 5.74) is 4.83. The molecule has 1 atom stereocenters. The van der Waals surface area contributed by atoms with Gasteiger partial charge in [0.15, 0.2) is 11.5 Å². The van der Waals surface area contributed by atoms with Crippen molar-refractivity contribution in [2.45, 2.75) is 47.6 Å². The van der Waals surface area contributed by atoms with Crippen LogP contribution in [0.5, 0.6) is 0 Å². The quantitative estimate of drug-likeness (QED) is 0.583.